The molecule has 0 aliphatic carbocycles. The minimum absolute atomic E-state index is 0.0790. The number of carbonyl (C=O) groups excluding carboxylic acids is 3. The van der Waals surface area contributed by atoms with Crippen molar-refractivity contribution >= 4 is 23.3 Å². The standard InChI is InChI=1S/C21H18N2O5/c22-12-15-3-9-18(10-4-15)27-14-21(26)28-13-19(24)16-5-7-17(8-6-16)23-11-1-2-20(23)25/h3-10H,1-2,11,13-14H2. The molecule has 28 heavy (non-hydrogen) atoms. The Balaban J connectivity index is 1.45. The molecule has 0 atom stereocenters. The van der Waals surface area contributed by atoms with Crippen LogP contribution >= 0.6 is 0 Å². The second kappa shape index (κ2) is 8.82. The Hall–Kier alpha value is -3.66. The van der Waals surface area contributed by atoms with Gasteiger partial charge in [0.25, 0.3) is 0 Å². The van der Waals surface area contributed by atoms with Gasteiger partial charge < -0.3 is 14.4 Å². The molecule has 0 spiro atoms. The van der Waals surface area contributed by atoms with Crippen LogP contribution in [0.25, 0.3) is 0 Å². The summed E-state index contributed by atoms with van der Waals surface area (Å²) in [6, 6.07) is 14.9. The third-order valence-corrected chi connectivity index (χ3v) is 4.28. The monoisotopic (exact) mass is 378 g/mol. The zero-order chi connectivity index (χ0) is 19.9. The fourth-order valence-corrected chi connectivity index (χ4v) is 2.79. The van der Waals surface area contributed by atoms with Gasteiger partial charge in [0.1, 0.15) is 5.75 Å². The van der Waals surface area contributed by atoms with Gasteiger partial charge >= 0.3 is 5.97 Å². The van der Waals surface area contributed by atoms with Gasteiger partial charge in [0.2, 0.25) is 5.91 Å². The highest BCUT2D eigenvalue weighted by atomic mass is 16.6. The Labute approximate surface area is 162 Å². The number of carbonyl (C=O) groups is 3. The smallest absolute Gasteiger partial charge is 0.344 e. The highest BCUT2D eigenvalue weighted by Crippen LogP contribution is 2.21. The molecule has 1 aliphatic heterocycles. The normalized spacial score (nSPS) is 13.1. The molecule has 0 saturated carbocycles. The summed E-state index contributed by atoms with van der Waals surface area (Å²) in [5.74, 6) is -0.507. The van der Waals surface area contributed by atoms with Crippen LogP contribution in [0.1, 0.15) is 28.8 Å². The van der Waals surface area contributed by atoms with Gasteiger partial charge in [0.05, 0.1) is 11.6 Å². The van der Waals surface area contributed by atoms with Gasteiger partial charge in [0, 0.05) is 24.2 Å². The fraction of sp³-hybridized carbons (Fsp3) is 0.238. The van der Waals surface area contributed by atoms with Crippen LogP contribution < -0.4 is 9.64 Å². The predicted molar refractivity (Wildman–Crippen MR) is 100.0 cm³/mol. The summed E-state index contributed by atoms with van der Waals surface area (Å²) in [6.45, 7) is -0.0459. The van der Waals surface area contributed by atoms with Gasteiger partial charge in [-0.15, -0.1) is 0 Å². The van der Waals surface area contributed by atoms with Gasteiger partial charge in [-0.2, -0.15) is 5.26 Å². The summed E-state index contributed by atoms with van der Waals surface area (Å²) in [5, 5.41) is 8.73. The highest BCUT2D eigenvalue weighted by molar-refractivity contribution is 5.99. The van der Waals surface area contributed by atoms with Crippen molar-refractivity contribution in [3.8, 4) is 11.8 Å². The van der Waals surface area contributed by atoms with E-state index < -0.39 is 12.6 Å². The molecule has 1 amide bonds. The Morgan fingerprint density at radius 3 is 2.36 bits per heavy atom. The van der Waals surface area contributed by atoms with E-state index in [1.807, 2.05) is 6.07 Å². The van der Waals surface area contributed by atoms with Crippen molar-refractivity contribution in [1.82, 2.24) is 0 Å². The first-order valence-corrected chi connectivity index (χ1v) is 8.79. The van der Waals surface area contributed by atoms with Crippen LogP contribution in [0.15, 0.2) is 48.5 Å². The van der Waals surface area contributed by atoms with Crippen LogP contribution in [0.2, 0.25) is 0 Å². The molecule has 1 fully saturated rings. The molecule has 1 heterocycles. The SMILES string of the molecule is N#Cc1ccc(OCC(=O)OCC(=O)c2ccc(N3CCCC3=O)cc2)cc1. The van der Waals surface area contributed by atoms with Crippen molar-refractivity contribution in [1.29, 1.82) is 5.26 Å². The van der Waals surface area contributed by atoms with Gasteiger partial charge in [-0.05, 0) is 55.0 Å². The molecule has 1 saturated heterocycles. The highest BCUT2D eigenvalue weighted by Gasteiger charge is 2.21. The van der Waals surface area contributed by atoms with Crippen LogP contribution in [0.5, 0.6) is 5.75 Å². The average Bonchev–Trinajstić information content (AvgIpc) is 3.16. The van der Waals surface area contributed by atoms with E-state index in [0.29, 0.717) is 29.8 Å². The molecular weight excluding hydrogens is 360 g/mol. The molecule has 0 bridgehead atoms. The van der Waals surface area contributed by atoms with Crippen molar-refractivity contribution in [3.63, 3.8) is 0 Å². The molecular formula is C21H18N2O5. The number of nitriles is 1. The zero-order valence-electron chi connectivity index (χ0n) is 15.1. The number of benzene rings is 2. The van der Waals surface area contributed by atoms with Gasteiger partial charge in [0.15, 0.2) is 19.0 Å². The van der Waals surface area contributed by atoms with E-state index in [0.717, 1.165) is 12.1 Å². The van der Waals surface area contributed by atoms with E-state index in [1.54, 1.807) is 53.4 Å². The van der Waals surface area contributed by atoms with E-state index in [1.165, 1.54) is 0 Å². The van der Waals surface area contributed by atoms with E-state index in [4.69, 9.17) is 14.7 Å². The van der Waals surface area contributed by atoms with E-state index in [9.17, 15) is 14.4 Å². The molecule has 1 aliphatic rings. The minimum Gasteiger partial charge on any atom is -0.482 e. The van der Waals surface area contributed by atoms with Crippen LogP contribution in [0.3, 0.4) is 0 Å². The number of amides is 1. The van der Waals surface area contributed by atoms with Crippen LogP contribution in [-0.2, 0) is 14.3 Å². The van der Waals surface area contributed by atoms with Gasteiger partial charge in [-0.1, -0.05) is 0 Å². The molecule has 0 aromatic heterocycles. The summed E-state index contributed by atoms with van der Waals surface area (Å²) < 4.78 is 10.2. The maximum absolute atomic E-state index is 12.2. The number of rotatable bonds is 7. The number of ether oxygens (including phenoxy) is 2. The first-order chi connectivity index (χ1) is 13.6. The molecule has 0 radical (unpaired) electrons. The summed E-state index contributed by atoms with van der Waals surface area (Å²) >= 11 is 0. The predicted octanol–water partition coefficient (Wildman–Crippen LogP) is 2.49. The van der Waals surface area contributed by atoms with Crippen molar-refractivity contribution in [2.45, 2.75) is 12.8 Å². The third-order valence-electron chi connectivity index (χ3n) is 4.28. The van der Waals surface area contributed by atoms with E-state index in [-0.39, 0.29) is 18.3 Å². The first kappa shape index (κ1) is 19.1. The lowest BCUT2D eigenvalue weighted by atomic mass is 10.1. The second-order valence-electron chi connectivity index (χ2n) is 6.20. The molecule has 0 N–H and O–H groups in total. The number of hydrogen-bond acceptors (Lipinski definition) is 6. The Kier molecular flexibility index (Phi) is 6.02. The van der Waals surface area contributed by atoms with Gasteiger partial charge in [-0.25, -0.2) is 4.79 Å². The lowest BCUT2D eigenvalue weighted by molar-refractivity contribution is -0.144. The summed E-state index contributed by atoms with van der Waals surface area (Å²) in [7, 11) is 0. The summed E-state index contributed by atoms with van der Waals surface area (Å²) in [6.07, 6.45) is 1.38. The van der Waals surface area contributed by atoms with Crippen LogP contribution in [0, 0.1) is 11.3 Å². The quantitative estimate of drug-likeness (QED) is 0.542. The molecule has 0 unspecified atom stereocenters. The molecule has 2 aromatic rings. The molecule has 7 heteroatoms. The van der Waals surface area contributed by atoms with Crippen molar-refractivity contribution in [2.24, 2.45) is 0 Å². The van der Waals surface area contributed by atoms with E-state index in [2.05, 4.69) is 0 Å². The van der Waals surface area contributed by atoms with Crippen molar-refractivity contribution in [2.75, 3.05) is 24.7 Å². The number of ketones is 1. The average molecular weight is 378 g/mol. The minimum atomic E-state index is -0.669. The number of esters is 1. The second-order valence-corrected chi connectivity index (χ2v) is 6.20. The Morgan fingerprint density at radius 2 is 1.75 bits per heavy atom. The number of hydrogen-bond donors (Lipinski definition) is 0. The zero-order valence-corrected chi connectivity index (χ0v) is 15.1. The van der Waals surface area contributed by atoms with Gasteiger partial charge in [-0.3, -0.25) is 9.59 Å². The largest absolute Gasteiger partial charge is 0.482 e. The van der Waals surface area contributed by atoms with Crippen molar-refractivity contribution in [3.05, 3.63) is 59.7 Å². The Bertz CT molecular complexity index is 913. The lowest BCUT2D eigenvalue weighted by Crippen LogP contribution is -2.23. The maximum Gasteiger partial charge on any atom is 0.344 e. The van der Waals surface area contributed by atoms with Crippen LogP contribution in [0.4, 0.5) is 5.69 Å². The summed E-state index contributed by atoms with van der Waals surface area (Å²) in [5.41, 5.74) is 1.64. The van der Waals surface area contributed by atoms with E-state index >= 15 is 0 Å². The lowest BCUT2D eigenvalue weighted by Gasteiger charge is -2.15. The number of nitrogens with zero attached hydrogens (tertiary/aromatic N) is 2. The number of anilines is 1. The van der Waals surface area contributed by atoms with Crippen LogP contribution in [-0.4, -0.2) is 37.4 Å². The molecule has 142 valence electrons. The molecule has 3 rings (SSSR count). The first-order valence-electron chi connectivity index (χ1n) is 8.79. The van der Waals surface area contributed by atoms with Crippen molar-refractivity contribution < 1.29 is 23.9 Å². The molecule has 7 nitrogen and oxygen atoms in total. The topological polar surface area (TPSA) is 96.7 Å². The summed E-state index contributed by atoms with van der Waals surface area (Å²) in [4.78, 5) is 37.3. The fourth-order valence-electron chi connectivity index (χ4n) is 2.79. The number of Topliss-reactive ketones (excluding diaryl/α,β-unsaturated/α-hetero) is 1. The third kappa shape index (κ3) is 4.74. The maximum atomic E-state index is 12.2. The molecule has 2 aromatic carbocycles. The Morgan fingerprint density at radius 1 is 1.04 bits per heavy atom.